The SMILES string of the molecule is COC(=O)c1c(-c2ccc(OC)cc2OC)csc1NC(=O)c1ccncc1. The van der Waals surface area contributed by atoms with E-state index in [2.05, 4.69) is 10.3 Å². The highest BCUT2D eigenvalue weighted by molar-refractivity contribution is 7.15. The summed E-state index contributed by atoms with van der Waals surface area (Å²) in [6.07, 6.45) is 3.05. The highest BCUT2D eigenvalue weighted by Crippen LogP contribution is 2.41. The first-order valence-corrected chi connectivity index (χ1v) is 9.10. The fraction of sp³-hybridized carbons (Fsp3) is 0.150. The lowest BCUT2D eigenvalue weighted by Crippen LogP contribution is -2.14. The number of benzene rings is 1. The maximum Gasteiger partial charge on any atom is 0.341 e. The molecular formula is C20H18N2O5S. The monoisotopic (exact) mass is 398 g/mol. The number of nitrogens with one attached hydrogen (secondary N) is 1. The van der Waals surface area contributed by atoms with Crippen molar-refractivity contribution >= 4 is 28.2 Å². The fourth-order valence-corrected chi connectivity index (χ4v) is 3.60. The van der Waals surface area contributed by atoms with Gasteiger partial charge in [-0.1, -0.05) is 0 Å². The van der Waals surface area contributed by atoms with Gasteiger partial charge in [-0.25, -0.2) is 4.79 Å². The van der Waals surface area contributed by atoms with E-state index in [0.29, 0.717) is 33.2 Å². The van der Waals surface area contributed by atoms with Crippen molar-refractivity contribution in [2.45, 2.75) is 0 Å². The molecule has 0 spiro atoms. The molecule has 0 saturated carbocycles. The van der Waals surface area contributed by atoms with Crippen molar-refractivity contribution in [3.63, 3.8) is 0 Å². The largest absolute Gasteiger partial charge is 0.497 e. The molecule has 8 heteroatoms. The molecule has 7 nitrogen and oxygen atoms in total. The molecule has 1 aromatic carbocycles. The molecule has 0 aliphatic heterocycles. The van der Waals surface area contributed by atoms with E-state index >= 15 is 0 Å². The number of ether oxygens (including phenoxy) is 3. The van der Waals surface area contributed by atoms with Crippen LogP contribution < -0.4 is 14.8 Å². The van der Waals surface area contributed by atoms with Gasteiger partial charge in [0.1, 0.15) is 22.1 Å². The number of esters is 1. The summed E-state index contributed by atoms with van der Waals surface area (Å²) in [6.45, 7) is 0. The maximum atomic E-state index is 12.5. The van der Waals surface area contributed by atoms with Gasteiger partial charge in [0.25, 0.3) is 5.91 Å². The Morgan fingerprint density at radius 3 is 2.39 bits per heavy atom. The van der Waals surface area contributed by atoms with Crippen LogP contribution in [-0.2, 0) is 4.74 Å². The smallest absolute Gasteiger partial charge is 0.341 e. The molecule has 3 rings (SSSR count). The molecule has 0 saturated heterocycles. The van der Waals surface area contributed by atoms with Crippen LogP contribution in [0.15, 0.2) is 48.1 Å². The first-order chi connectivity index (χ1) is 13.6. The van der Waals surface area contributed by atoms with Crippen molar-refractivity contribution in [1.29, 1.82) is 0 Å². The summed E-state index contributed by atoms with van der Waals surface area (Å²) in [5.74, 6) is 0.262. The van der Waals surface area contributed by atoms with E-state index in [0.717, 1.165) is 0 Å². The minimum absolute atomic E-state index is 0.262. The Kier molecular flexibility index (Phi) is 5.90. The van der Waals surface area contributed by atoms with Gasteiger partial charge >= 0.3 is 5.97 Å². The van der Waals surface area contributed by atoms with Crippen LogP contribution in [-0.4, -0.2) is 38.2 Å². The molecule has 2 heterocycles. The standard InChI is InChI=1S/C20H18N2O5S/c1-25-13-4-5-14(16(10-13)26-2)15-11-28-19(17(15)20(24)27-3)22-18(23)12-6-8-21-9-7-12/h4-11H,1-3H3,(H,22,23). The minimum Gasteiger partial charge on any atom is -0.497 e. The molecule has 0 bridgehead atoms. The number of aromatic nitrogens is 1. The average molecular weight is 398 g/mol. The van der Waals surface area contributed by atoms with Crippen LogP contribution in [0, 0.1) is 0 Å². The van der Waals surface area contributed by atoms with E-state index < -0.39 is 5.97 Å². The Balaban J connectivity index is 2.05. The van der Waals surface area contributed by atoms with Gasteiger partial charge in [0.05, 0.1) is 21.3 Å². The van der Waals surface area contributed by atoms with Crippen molar-refractivity contribution in [3.8, 4) is 22.6 Å². The number of carbonyl (C=O) groups is 2. The number of thiophene rings is 1. The molecule has 1 N–H and O–H groups in total. The van der Waals surface area contributed by atoms with Crippen molar-refractivity contribution in [1.82, 2.24) is 4.98 Å². The average Bonchev–Trinajstić information content (AvgIpc) is 3.16. The number of hydrogen-bond donors (Lipinski definition) is 1. The number of methoxy groups -OCH3 is 3. The van der Waals surface area contributed by atoms with E-state index in [1.807, 2.05) is 0 Å². The van der Waals surface area contributed by atoms with Gasteiger partial charge in [0.2, 0.25) is 0 Å². The zero-order chi connectivity index (χ0) is 20.1. The molecule has 1 amide bonds. The molecule has 3 aromatic rings. The molecule has 0 aliphatic carbocycles. The Morgan fingerprint density at radius 1 is 1.00 bits per heavy atom. The van der Waals surface area contributed by atoms with E-state index in [-0.39, 0.29) is 11.5 Å². The zero-order valence-corrected chi connectivity index (χ0v) is 16.3. The molecule has 2 aromatic heterocycles. The van der Waals surface area contributed by atoms with Crippen molar-refractivity contribution < 1.29 is 23.8 Å². The van der Waals surface area contributed by atoms with Crippen LogP contribution >= 0.6 is 11.3 Å². The van der Waals surface area contributed by atoms with Crippen LogP contribution in [0.5, 0.6) is 11.5 Å². The summed E-state index contributed by atoms with van der Waals surface area (Å²) >= 11 is 1.23. The highest BCUT2D eigenvalue weighted by Gasteiger charge is 2.24. The van der Waals surface area contributed by atoms with Crippen LogP contribution in [0.3, 0.4) is 0 Å². The summed E-state index contributed by atoms with van der Waals surface area (Å²) < 4.78 is 15.6. The lowest BCUT2D eigenvalue weighted by Gasteiger charge is -2.12. The predicted octanol–water partition coefficient (Wildman–Crippen LogP) is 3.87. The van der Waals surface area contributed by atoms with Gasteiger partial charge in [0, 0.05) is 40.5 Å². The maximum absolute atomic E-state index is 12.5. The van der Waals surface area contributed by atoms with Gasteiger partial charge in [-0.3, -0.25) is 9.78 Å². The number of pyridine rings is 1. The van der Waals surface area contributed by atoms with E-state index in [9.17, 15) is 9.59 Å². The number of carbonyl (C=O) groups excluding carboxylic acids is 2. The number of anilines is 1. The second kappa shape index (κ2) is 8.53. The summed E-state index contributed by atoms with van der Waals surface area (Å²) in [5.41, 5.74) is 1.98. The van der Waals surface area contributed by atoms with Gasteiger partial charge in [-0.15, -0.1) is 11.3 Å². The molecular weight excluding hydrogens is 380 g/mol. The Bertz CT molecular complexity index is 1000. The third-order valence-electron chi connectivity index (χ3n) is 4.05. The normalized spacial score (nSPS) is 10.2. The van der Waals surface area contributed by atoms with Crippen molar-refractivity contribution in [2.75, 3.05) is 26.6 Å². The second-order valence-corrected chi connectivity index (χ2v) is 6.48. The number of hydrogen-bond acceptors (Lipinski definition) is 7. The topological polar surface area (TPSA) is 86.8 Å². The number of rotatable bonds is 6. The molecule has 0 atom stereocenters. The first-order valence-electron chi connectivity index (χ1n) is 8.22. The minimum atomic E-state index is -0.556. The molecule has 0 aliphatic rings. The fourth-order valence-electron chi connectivity index (χ4n) is 2.65. The molecule has 0 unspecified atom stereocenters. The van der Waals surface area contributed by atoms with Crippen LogP contribution in [0.4, 0.5) is 5.00 Å². The summed E-state index contributed by atoms with van der Waals surface area (Å²) in [4.78, 5) is 28.9. The summed E-state index contributed by atoms with van der Waals surface area (Å²) in [7, 11) is 4.39. The van der Waals surface area contributed by atoms with Gasteiger partial charge in [-0.05, 0) is 24.3 Å². The number of amides is 1. The third kappa shape index (κ3) is 3.81. The molecule has 0 fully saturated rings. The van der Waals surface area contributed by atoms with E-state index in [1.165, 1.54) is 38.0 Å². The van der Waals surface area contributed by atoms with Gasteiger partial charge < -0.3 is 19.5 Å². The Labute approximate surface area is 165 Å². The van der Waals surface area contributed by atoms with Gasteiger partial charge in [0.15, 0.2) is 0 Å². The molecule has 28 heavy (non-hydrogen) atoms. The molecule has 144 valence electrons. The van der Waals surface area contributed by atoms with Crippen LogP contribution in [0.1, 0.15) is 20.7 Å². The lowest BCUT2D eigenvalue weighted by atomic mass is 10.0. The Hall–Kier alpha value is -3.39. The second-order valence-electron chi connectivity index (χ2n) is 5.60. The zero-order valence-electron chi connectivity index (χ0n) is 15.5. The highest BCUT2D eigenvalue weighted by atomic mass is 32.1. The lowest BCUT2D eigenvalue weighted by molar-refractivity contribution is 0.0603. The van der Waals surface area contributed by atoms with E-state index in [1.54, 1.807) is 42.8 Å². The first kappa shape index (κ1) is 19.4. The Morgan fingerprint density at radius 2 is 1.75 bits per heavy atom. The number of nitrogens with zero attached hydrogens (tertiary/aromatic N) is 1. The predicted molar refractivity (Wildman–Crippen MR) is 106 cm³/mol. The van der Waals surface area contributed by atoms with Crippen LogP contribution in [0.25, 0.3) is 11.1 Å². The van der Waals surface area contributed by atoms with Crippen molar-refractivity contribution in [2.24, 2.45) is 0 Å². The molecule has 0 radical (unpaired) electrons. The summed E-state index contributed by atoms with van der Waals surface area (Å²) in [5, 5.41) is 4.94. The summed E-state index contributed by atoms with van der Waals surface area (Å²) in [6, 6.07) is 8.47. The van der Waals surface area contributed by atoms with Crippen LogP contribution in [0.2, 0.25) is 0 Å². The van der Waals surface area contributed by atoms with E-state index in [4.69, 9.17) is 14.2 Å². The van der Waals surface area contributed by atoms with Gasteiger partial charge in [-0.2, -0.15) is 0 Å². The van der Waals surface area contributed by atoms with Crippen molar-refractivity contribution in [3.05, 3.63) is 59.2 Å². The quantitative estimate of drug-likeness (QED) is 0.635. The third-order valence-corrected chi connectivity index (χ3v) is 4.94.